The summed E-state index contributed by atoms with van der Waals surface area (Å²) >= 11 is 1.79. The van der Waals surface area contributed by atoms with Gasteiger partial charge < -0.3 is 5.73 Å². The molecule has 21 heavy (non-hydrogen) atoms. The molecule has 5 heteroatoms. The minimum Gasteiger partial charge on any atom is -0.383 e. The van der Waals surface area contributed by atoms with Gasteiger partial charge in [0, 0.05) is 22.8 Å². The van der Waals surface area contributed by atoms with Crippen LogP contribution >= 0.6 is 11.3 Å². The molecule has 1 aliphatic rings. The van der Waals surface area contributed by atoms with Crippen molar-refractivity contribution in [3.63, 3.8) is 0 Å². The number of pyridine rings is 1. The highest BCUT2D eigenvalue weighted by atomic mass is 32.1. The third-order valence-corrected chi connectivity index (χ3v) is 5.22. The van der Waals surface area contributed by atoms with Crippen molar-refractivity contribution in [1.29, 1.82) is 0 Å². The first-order chi connectivity index (χ1) is 10.3. The minimum atomic E-state index is 0.617. The lowest BCUT2D eigenvalue weighted by Gasteiger charge is -2.04. The van der Waals surface area contributed by atoms with Crippen molar-refractivity contribution >= 4 is 27.4 Å². The summed E-state index contributed by atoms with van der Waals surface area (Å²) in [5.74, 6) is 1.31. The van der Waals surface area contributed by atoms with Gasteiger partial charge >= 0.3 is 0 Å². The molecule has 4 nitrogen and oxygen atoms in total. The number of nitrogens with two attached hydrogens (primary N) is 1. The minimum absolute atomic E-state index is 0.617. The monoisotopic (exact) mass is 296 g/mol. The van der Waals surface area contributed by atoms with Gasteiger partial charge in [0.2, 0.25) is 0 Å². The molecule has 3 aromatic rings. The Hall–Kier alpha value is -2.01. The molecule has 0 spiro atoms. The van der Waals surface area contributed by atoms with Gasteiger partial charge in [-0.15, -0.1) is 11.3 Å². The zero-order chi connectivity index (χ0) is 14.2. The molecule has 106 valence electrons. The fourth-order valence-electron chi connectivity index (χ4n) is 2.99. The van der Waals surface area contributed by atoms with E-state index in [1.165, 1.54) is 29.7 Å². The van der Waals surface area contributed by atoms with Gasteiger partial charge in [-0.2, -0.15) is 0 Å². The highest BCUT2D eigenvalue weighted by Gasteiger charge is 2.19. The van der Waals surface area contributed by atoms with Gasteiger partial charge in [-0.3, -0.25) is 4.98 Å². The Kier molecular flexibility index (Phi) is 3.07. The second-order valence-corrected chi connectivity index (χ2v) is 6.50. The lowest BCUT2D eigenvalue weighted by Crippen LogP contribution is -1.98. The van der Waals surface area contributed by atoms with E-state index in [1.54, 1.807) is 23.7 Å². The number of aromatic nitrogens is 3. The second-order valence-electron chi connectivity index (χ2n) is 5.41. The van der Waals surface area contributed by atoms with Crippen LogP contribution in [0.15, 0.2) is 24.5 Å². The van der Waals surface area contributed by atoms with Crippen molar-refractivity contribution in [3.8, 4) is 11.4 Å². The molecule has 3 aromatic heterocycles. The first kappa shape index (κ1) is 12.7. The molecule has 0 saturated heterocycles. The molecular formula is C16H16N4S. The van der Waals surface area contributed by atoms with Gasteiger partial charge in [0.1, 0.15) is 10.6 Å². The van der Waals surface area contributed by atoms with Crippen molar-refractivity contribution in [1.82, 2.24) is 15.0 Å². The van der Waals surface area contributed by atoms with Crippen molar-refractivity contribution in [2.24, 2.45) is 0 Å². The van der Waals surface area contributed by atoms with Crippen LogP contribution in [-0.4, -0.2) is 15.0 Å². The molecule has 2 N–H and O–H groups in total. The van der Waals surface area contributed by atoms with Crippen molar-refractivity contribution in [3.05, 3.63) is 35.0 Å². The van der Waals surface area contributed by atoms with Crippen LogP contribution in [0.1, 0.15) is 29.7 Å². The number of nitrogens with zero attached hydrogens (tertiary/aromatic N) is 3. The summed E-state index contributed by atoms with van der Waals surface area (Å²) in [6.45, 7) is 0. The van der Waals surface area contributed by atoms with E-state index in [1.807, 2.05) is 12.1 Å². The highest BCUT2D eigenvalue weighted by Crippen LogP contribution is 2.37. The number of rotatable bonds is 1. The summed E-state index contributed by atoms with van der Waals surface area (Å²) < 4.78 is 0. The molecule has 0 saturated carbocycles. The number of nitrogen functional groups attached to an aromatic ring is 1. The summed E-state index contributed by atoms with van der Waals surface area (Å²) in [6.07, 6.45) is 9.58. The predicted molar refractivity (Wildman–Crippen MR) is 86.3 cm³/mol. The van der Waals surface area contributed by atoms with E-state index in [0.29, 0.717) is 11.6 Å². The number of anilines is 1. The third kappa shape index (κ3) is 2.17. The van der Waals surface area contributed by atoms with Crippen LogP contribution in [0.25, 0.3) is 21.6 Å². The SMILES string of the molecule is Nc1nc(-c2ccncc2)nc2sc3c(c12)CCCCC3. The first-order valence-electron chi connectivity index (χ1n) is 7.31. The molecular weight excluding hydrogens is 280 g/mol. The van der Waals surface area contributed by atoms with E-state index >= 15 is 0 Å². The van der Waals surface area contributed by atoms with Crippen LogP contribution in [0, 0.1) is 0 Å². The normalized spacial score (nSPS) is 14.9. The van der Waals surface area contributed by atoms with Gasteiger partial charge in [0.05, 0.1) is 5.39 Å². The second kappa shape index (κ2) is 5.07. The van der Waals surface area contributed by atoms with Gasteiger partial charge in [-0.25, -0.2) is 9.97 Å². The summed E-state index contributed by atoms with van der Waals surface area (Å²) in [5.41, 5.74) is 8.61. The Morgan fingerprint density at radius 1 is 1.00 bits per heavy atom. The summed E-state index contributed by atoms with van der Waals surface area (Å²) in [7, 11) is 0. The molecule has 0 fully saturated rings. The quantitative estimate of drug-likeness (QED) is 0.697. The standard InChI is InChI=1S/C16H16N4S/c17-14-13-11-4-2-1-3-5-12(11)21-16(13)20-15(19-14)10-6-8-18-9-7-10/h6-9H,1-5H2,(H2,17,19,20). The molecule has 3 heterocycles. The van der Waals surface area contributed by atoms with Crippen LogP contribution < -0.4 is 5.73 Å². The highest BCUT2D eigenvalue weighted by molar-refractivity contribution is 7.19. The lowest BCUT2D eigenvalue weighted by molar-refractivity contribution is 0.713. The van der Waals surface area contributed by atoms with E-state index < -0.39 is 0 Å². The molecule has 0 radical (unpaired) electrons. The number of hydrogen-bond donors (Lipinski definition) is 1. The molecule has 4 rings (SSSR count). The Balaban J connectivity index is 1.92. The van der Waals surface area contributed by atoms with Gasteiger partial charge in [0.25, 0.3) is 0 Å². The van der Waals surface area contributed by atoms with Crippen LogP contribution in [0.3, 0.4) is 0 Å². The summed E-state index contributed by atoms with van der Waals surface area (Å²) in [6, 6.07) is 3.83. The van der Waals surface area contributed by atoms with E-state index in [4.69, 9.17) is 10.7 Å². The maximum Gasteiger partial charge on any atom is 0.163 e. The molecule has 0 aromatic carbocycles. The van der Waals surface area contributed by atoms with Crippen molar-refractivity contribution in [2.45, 2.75) is 32.1 Å². The largest absolute Gasteiger partial charge is 0.383 e. The van der Waals surface area contributed by atoms with Crippen LogP contribution in [-0.2, 0) is 12.8 Å². The van der Waals surface area contributed by atoms with Gasteiger partial charge in [-0.1, -0.05) is 6.42 Å². The zero-order valence-corrected chi connectivity index (χ0v) is 12.5. The number of aryl methyl sites for hydroxylation is 2. The maximum atomic E-state index is 6.25. The van der Waals surface area contributed by atoms with E-state index in [0.717, 1.165) is 28.6 Å². The zero-order valence-electron chi connectivity index (χ0n) is 11.7. The van der Waals surface area contributed by atoms with Gasteiger partial charge in [0.15, 0.2) is 5.82 Å². The van der Waals surface area contributed by atoms with Crippen LogP contribution in [0.4, 0.5) is 5.82 Å². The Bertz CT molecular complexity index is 795. The van der Waals surface area contributed by atoms with Gasteiger partial charge in [-0.05, 0) is 43.4 Å². The third-order valence-electron chi connectivity index (χ3n) is 4.03. The number of thiophene rings is 1. The number of fused-ring (bicyclic) bond motifs is 3. The van der Waals surface area contributed by atoms with Crippen molar-refractivity contribution in [2.75, 3.05) is 5.73 Å². The smallest absolute Gasteiger partial charge is 0.163 e. The topological polar surface area (TPSA) is 64.7 Å². The molecule has 0 atom stereocenters. The fourth-order valence-corrected chi connectivity index (χ4v) is 4.26. The molecule has 0 unspecified atom stereocenters. The predicted octanol–water partition coefficient (Wildman–Crippen LogP) is 3.60. The Morgan fingerprint density at radius 2 is 1.81 bits per heavy atom. The molecule has 0 amide bonds. The van der Waals surface area contributed by atoms with Crippen molar-refractivity contribution < 1.29 is 0 Å². The van der Waals surface area contributed by atoms with E-state index in [9.17, 15) is 0 Å². The number of hydrogen-bond acceptors (Lipinski definition) is 5. The first-order valence-corrected chi connectivity index (χ1v) is 8.13. The average Bonchev–Trinajstić information content (AvgIpc) is 2.71. The molecule has 1 aliphatic carbocycles. The van der Waals surface area contributed by atoms with Crippen LogP contribution in [0.5, 0.6) is 0 Å². The average molecular weight is 296 g/mol. The Labute approximate surface area is 127 Å². The van der Waals surface area contributed by atoms with E-state index in [-0.39, 0.29) is 0 Å². The summed E-state index contributed by atoms with van der Waals surface area (Å²) in [4.78, 5) is 15.8. The van der Waals surface area contributed by atoms with Crippen LogP contribution in [0.2, 0.25) is 0 Å². The molecule has 0 aliphatic heterocycles. The summed E-state index contributed by atoms with van der Waals surface area (Å²) in [5, 5.41) is 1.09. The lowest BCUT2D eigenvalue weighted by atomic mass is 10.1. The maximum absolute atomic E-state index is 6.25. The van der Waals surface area contributed by atoms with E-state index in [2.05, 4.69) is 9.97 Å². The molecule has 0 bridgehead atoms. The fraction of sp³-hybridized carbons (Fsp3) is 0.312. The Morgan fingerprint density at radius 3 is 2.67 bits per heavy atom.